The Hall–Kier alpha value is -6.46. The number of nitrogens with one attached hydrogen (secondary N) is 3. The number of aromatic nitrogens is 2. The lowest BCUT2D eigenvalue weighted by atomic mass is 9.93. The third-order valence-electron chi connectivity index (χ3n) is 8.85. The van der Waals surface area contributed by atoms with Crippen molar-refractivity contribution in [2.45, 2.75) is 5.92 Å². The molecular weight excluding hydrogens is 589 g/mol. The maximum Gasteiger partial charge on any atom is 0.166 e. The van der Waals surface area contributed by atoms with Gasteiger partial charge in [-0.3, -0.25) is 4.79 Å². The van der Waals surface area contributed by atoms with E-state index in [0.29, 0.717) is 5.70 Å². The van der Waals surface area contributed by atoms with Crippen LogP contribution in [0.3, 0.4) is 0 Å². The predicted octanol–water partition coefficient (Wildman–Crippen LogP) is 8.90. The molecule has 5 heteroatoms. The van der Waals surface area contributed by atoms with E-state index < -0.39 is 0 Å². The van der Waals surface area contributed by atoms with E-state index in [9.17, 15) is 4.79 Å². The number of allylic oxidation sites excluding steroid dienone is 4. The Morgan fingerprint density at radius 1 is 0.542 bits per heavy atom. The van der Waals surface area contributed by atoms with Crippen LogP contribution in [0.5, 0.6) is 0 Å². The molecule has 0 spiro atoms. The van der Waals surface area contributed by atoms with Crippen molar-refractivity contribution < 1.29 is 4.79 Å². The van der Waals surface area contributed by atoms with Gasteiger partial charge in [0.25, 0.3) is 0 Å². The Balaban J connectivity index is 1.42. The van der Waals surface area contributed by atoms with Gasteiger partial charge in [0.1, 0.15) is 0 Å². The van der Waals surface area contributed by atoms with E-state index in [2.05, 4.69) is 106 Å². The smallest absolute Gasteiger partial charge is 0.166 e. The van der Waals surface area contributed by atoms with E-state index in [1.54, 1.807) is 0 Å². The van der Waals surface area contributed by atoms with Gasteiger partial charge in [0.2, 0.25) is 0 Å². The number of nitrogens with zero attached hydrogens (tertiary/aromatic N) is 1. The summed E-state index contributed by atoms with van der Waals surface area (Å²) in [7, 11) is 0. The molecule has 230 valence electrons. The lowest BCUT2D eigenvalue weighted by Crippen LogP contribution is -2.13. The zero-order chi connectivity index (χ0) is 32.3. The summed E-state index contributed by atoms with van der Waals surface area (Å²) in [4.78, 5) is 25.7. The van der Waals surface area contributed by atoms with Gasteiger partial charge in [-0.05, 0) is 58.7 Å². The molecule has 0 saturated heterocycles. The molecular formula is C43H32N4O. The van der Waals surface area contributed by atoms with Gasteiger partial charge < -0.3 is 15.3 Å². The van der Waals surface area contributed by atoms with Gasteiger partial charge in [-0.15, -0.1) is 0 Å². The van der Waals surface area contributed by atoms with Gasteiger partial charge in [-0.1, -0.05) is 121 Å². The molecule has 3 N–H and O–H groups in total. The third kappa shape index (κ3) is 5.48. The van der Waals surface area contributed by atoms with Gasteiger partial charge in [0, 0.05) is 45.7 Å². The van der Waals surface area contributed by atoms with Gasteiger partial charge in [-0.25, -0.2) is 4.99 Å². The van der Waals surface area contributed by atoms with Gasteiger partial charge >= 0.3 is 0 Å². The number of H-pyrrole nitrogens is 2. The number of aromatic amines is 2. The highest BCUT2D eigenvalue weighted by Gasteiger charge is 2.25. The lowest BCUT2D eigenvalue weighted by Gasteiger charge is -2.17. The fraction of sp³-hybridized carbons (Fsp3) is 0.0233. The van der Waals surface area contributed by atoms with Crippen LogP contribution >= 0.6 is 0 Å². The van der Waals surface area contributed by atoms with Crippen LogP contribution in [0.2, 0.25) is 0 Å². The minimum atomic E-state index is -0.115. The first-order valence-corrected chi connectivity index (χ1v) is 16.0. The fourth-order valence-corrected chi connectivity index (χ4v) is 6.62. The molecule has 0 amide bonds. The second-order valence-electron chi connectivity index (χ2n) is 11.8. The highest BCUT2D eigenvalue weighted by molar-refractivity contribution is 6.31. The molecule has 4 heterocycles. The zero-order valence-electron chi connectivity index (χ0n) is 26.1. The first kappa shape index (κ1) is 29.0. The van der Waals surface area contributed by atoms with E-state index >= 15 is 0 Å². The first-order valence-electron chi connectivity index (χ1n) is 16.0. The molecule has 2 aliphatic heterocycles. The van der Waals surface area contributed by atoms with Crippen molar-refractivity contribution in [1.82, 2.24) is 15.3 Å². The van der Waals surface area contributed by atoms with Crippen molar-refractivity contribution in [2.24, 2.45) is 4.99 Å². The maximum atomic E-state index is 13.0. The summed E-state index contributed by atoms with van der Waals surface area (Å²) >= 11 is 0. The number of benzene rings is 4. The van der Waals surface area contributed by atoms with E-state index in [0.717, 1.165) is 79.4 Å². The quantitative estimate of drug-likeness (QED) is 0.169. The van der Waals surface area contributed by atoms with Crippen LogP contribution in [0.25, 0.3) is 16.7 Å². The lowest BCUT2D eigenvalue weighted by molar-refractivity contribution is -0.105. The minimum Gasteiger partial charge on any atom is -0.358 e. The monoisotopic (exact) mass is 620 g/mol. The minimum absolute atomic E-state index is 0.115. The molecule has 4 aromatic carbocycles. The highest BCUT2D eigenvalue weighted by atomic mass is 16.1. The summed E-state index contributed by atoms with van der Waals surface area (Å²) in [6, 6.07) is 49.5. The van der Waals surface area contributed by atoms with Gasteiger partial charge in [0.15, 0.2) is 6.29 Å². The van der Waals surface area contributed by atoms with Crippen molar-refractivity contribution in [1.29, 1.82) is 0 Å². The maximum absolute atomic E-state index is 13.0. The number of fused-ring (bicyclic) bond motifs is 5. The summed E-state index contributed by atoms with van der Waals surface area (Å²) in [6.07, 6.45) is 6.91. The molecule has 48 heavy (non-hydrogen) atoms. The average molecular weight is 621 g/mol. The van der Waals surface area contributed by atoms with Crippen LogP contribution in [0, 0.1) is 0 Å². The molecule has 0 fully saturated rings. The van der Waals surface area contributed by atoms with Crippen LogP contribution in [0.15, 0.2) is 180 Å². The largest absolute Gasteiger partial charge is 0.358 e. The van der Waals surface area contributed by atoms with Crippen molar-refractivity contribution >= 4 is 28.7 Å². The van der Waals surface area contributed by atoms with E-state index in [1.165, 1.54) is 0 Å². The zero-order valence-corrected chi connectivity index (χ0v) is 26.1. The van der Waals surface area contributed by atoms with Crippen molar-refractivity contribution in [3.63, 3.8) is 0 Å². The molecule has 1 atom stereocenters. The summed E-state index contributed by atoms with van der Waals surface area (Å²) in [5.41, 5.74) is 12.7. The first-order chi connectivity index (χ1) is 23.8. The number of aldehydes is 1. The Morgan fingerprint density at radius 2 is 1.06 bits per heavy atom. The molecule has 8 rings (SSSR count). The van der Waals surface area contributed by atoms with Crippen LogP contribution in [-0.4, -0.2) is 22.0 Å². The van der Waals surface area contributed by atoms with Crippen LogP contribution in [0.4, 0.5) is 0 Å². The fourth-order valence-electron chi connectivity index (χ4n) is 6.62. The Labute approximate surface area is 279 Å². The molecule has 2 aliphatic rings. The molecule has 2 aromatic heterocycles. The Kier molecular flexibility index (Phi) is 7.69. The third-order valence-corrected chi connectivity index (χ3v) is 8.85. The molecule has 0 radical (unpaired) electrons. The summed E-state index contributed by atoms with van der Waals surface area (Å²) < 4.78 is 0. The Morgan fingerprint density at radius 3 is 1.65 bits per heavy atom. The topological polar surface area (TPSA) is 73.0 Å². The number of carbonyl (C=O) groups excluding carboxylic acids is 1. The molecule has 6 bridgehead atoms. The molecule has 6 aromatic rings. The normalized spacial score (nSPS) is 19.0. The van der Waals surface area contributed by atoms with Gasteiger partial charge in [0.05, 0.1) is 23.0 Å². The molecule has 0 aliphatic carbocycles. The summed E-state index contributed by atoms with van der Waals surface area (Å²) in [5.74, 6) is -0.115. The SMILES string of the molecule is O=C/C1=C(\c2ccccc2)c2ccc([nH]2)C(c2ccccc2)c2ccc([nH]2)/C(c2ccccc2)=C2/C=CC(=N2)C(c2ccccc2)=CN1. The van der Waals surface area contributed by atoms with Crippen LogP contribution < -0.4 is 5.32 Å². The number of hydrogen-bond donors (Lipinski definition) is 3. The summed E-state index contributed by atoms with van der Waals surface area (Å²) in [6.45, 7) is 0. The van der Waals surface area contributed by atoms with Crippen LogP contribution in [0.1, 0.15) is 50.9 Å². The average Bonchev–Trinajstić information content (AvgIpc) is 3.93. The number of rotatable bonds is 5. The van der Waals surface area contributed by atoms with Crippen molar-refractivity contribution in [3.8, 4) is 0 Å². The molecule has 0 saturated carbocycles. The van der Waals surface area contributed by atoms with E-state index in [1.807, 2.05) is 72.9 Å². The number of carbonyl (C=O) groups is 1. The van der Waals surface area contributed by atoms with E-state index in [4.69, 9.17) is 4.99 Å². The Bertz CT molecular complexity index is 2250. The van der Waals surface area contributed by atoms with Gasteiger partial charge in [-0.2, -0.15) is 0 Å². The predicted molar refractivity (Wildman–Crippen MR) is 194 cm³/mol. The highest BCUT2D eigenvalue weighted by Crippen LogP contribution is 2.37. The molecule has 1 unspecified atom stereocenters. The standard InChI is InChI=1S/C43H32N4O/c48-28-40-43(32-19-11-4-12-20-32)39-26-25-38(47-39)42(31-17-9-3-10-18-31)37-24-23-36(46-37)41(30-15-7-2-8-16-30)35-22-21-34(45-35)33(27-44-40)29-13-5-1-6-14-29/h1-28,42,44,46-47H/b33-27?,41-35-,43-40-. The van der Waals surface area contributed by atoms with Crippen molar-refractivity contribution in [2.75, 3.05) is 0 Å². The number of hydrogen-bond acceptors (Lipinski definition) is 3. The second-order valence-corrected chi connectivity index (χ2v) is 11.8. The van der Waals surface area contributed by atoms with E-state index in [-0.39, 0.29) is 5.92 Å². The second kappa shape index (κ2) is 12.7. The molecule has 5 nitrogen and oxygen atoms in total. The van der Waals surface area contributed by atoms with Crippen LogP contribution in [-0.2, 0) is 4.79 Å². The summed E-state index contributed by atoms with van der Waals surface area (Å²) in [5, 5.41) is 3.41. The van der Waals surface area contributed by atoms with Crippen molar-refractivity contribution in [3.05, 3.63) is 220 Å². The number of aliphatic imine (C=N–C) groups is 1.